The Hall–Kier alpha value is -5.92. The maximum Gasteiger partial charge on any atom is 0.523 e. The summed E-state index contributed by atoms with van der Waals surface area (Å²) in [5, 5.41) is 28.3. The molecule has 0 fully saturated rings. The van der Waals surface area contributed by atoms with Crippen molar-refractivity contribution in [2.75, 3.05) is 6.61 Å². The number of aliphatic hydroxyl groups is 1. The van der Waals surface area contributed by atoms with E-state index in [0.29, 0.717) is 17.0 Å². The molecule has 0 spiro atoms. The monoisotopic (exact) mass is 1260 g/mol. The number of nitrogens with one attached hydrogen (secondary N) is 1. The molecule has 2 atom stereocenters. The van der Waals surface area contributed by atoms with Crippen molar-refractivity contribution in [2.24, 2.45) is 0 Å². The van der Waals surface area contributed by atoms with Crippen LogP contribution in [0.5, 0.6) is 0 Å². The van der Waals surface area contributed by atoms with Crippen LogP contribution in [0, 0.1) is 3.57 Å². The SMILES string of the molecule is CC(=O)c1ccn(CC(F)F)n1.CC(=O)c1ccn[nH]1.CC(O)(c1ccncc1)c1ccn(CC(F)F)n1.CC(c1ccncc1)c1ccn(CC(F)F)n1.Ic1ccncc1.O=S(=O)(OCC(F)F)C(F)(F)F.[Zn]. The molecule has 0 bridgehead atoms. The van der Waals surface area contributed by atoms with Crippen molar-refractivity contribution in [2.45, 2.75) is 90.1 Å². The molecule has 0 aliphatic carbocycles. The Balaban J connectivity index is 0.000000462. The molecule has 0 radical (unpaired) electrons. The van der Waals surface area contributed by atoms with Crippen molar-refractivity contribution in [3.8, 4) is 0 Å². The van der Waals surface area contributed by atoms with Crippen LogP contribution in [0.4, 0.5) is 48.3 Å². The van der Waals surface area contributed by atoms with Crippen LogP contribution in [0.2, 0.25) is 0 Å². The minimum atomic E-state index is -5.87. The standard InChI is InChI=1S/C12H13F2N3O.C12H13F2N3.C7H8F2N2O.C5H4IN.C5H6N2O.C3H3F5O3S.Zn/c1-12(18,9-2-5-15-6-3-9)10-4-7-17(16-10)8-11(13)14;1-9(10-2-5-15-6-3-10)11-4-7-17(16-11)8-12(13)14;1-5(12)6-2-3-11(10-6)4-7(8)9;6-5-1-3-7-4-2-5;1-4(8)5-2-3-6-7-5;4-2(5)1-11-12(9,10)3(6,7)8;/h2-7,11,18H,8H2,1H3;2-7,9,12H,8H2,1H3;2-3,7H,4H2,1H3;1-4H;2-3H,1H3,(H,6,7);2H,1H2;. The van der Waals surface area contributed by atoms with Crippen molar-refractivity contribution in [3.05, 3.63) is 160 Å². The van der Waals surface area contributed by atoms with Crippen LogP contribution in [-0.4, -0.2) is 117 Å². The fraction of sp³-hybridized carbons (Fsp3) is 0.341. The van der Waals surface area contributed by atoms with E-state index < -0.39 is 66.6 Å². The number of halogens is 12. The van der Waals surface area contributed by atoms with E-state index in [2.05, 4.69) is 67.2 Å². The van der Waals surface area contributed by atoms with Crippen molar-refractivity contribution < 1.29 is 95.1 Å². The number of hydrogen-bond acceptors (Lipinski definition) is 13. The van der Waals surface area contributed by atoms with Crippen molar-refractivity contribution in [3.63, 3.8) is 0 Å². The van der Waals surface area contributed by atoms with E-state index in [1.807, 2.05) is 31.2 Å². The molecule has 7 rings (SSSR count). The predicted octanol–water partition coefficient (Wildman–Crippen LogP) is 9.26. The van der Waals surface area contributed by atoms with Gasteiger partial charge in [-0.25, -0.2) is 35.1 Å². The Morgan fingerprint density at radius 3 is 1.53 bits per heavy atom. The summed E-state index contributed by atoms with van der Waals surface area (Å²) >= 11 is 2.24. The number of aromatic amines is 1. The average molecular weight is 1260 g/mol. The largest absolute Gasteiger partial charge is 0.523 e. The van der Waals surface area contributed by atoms with Crippen LogP contribution in [0.3, 0.4) is 0 Å². The van der Waals surface area contributed by atoms with Crippen LogP contribution < -0.4 is 0 Å². The molecule has 17 nitrogen and oxygen atoms in total. The molecular formula is C44H47F11IN11O6SZn. The molecule has 2 N–H and O–H groups in total. The second kappa shape index (κ2) is 33.2. The van der Waals surface area contributed by atoms with E-state index in [1.54, 1.807) is 80.8 Å². The zero-order chi connectivity index (χ0) is 55.6. The number of ketones is 2. The van der Waals surface area contributed by atoms with E-state index in [9.17, 15) is 71.4 Å². The second-order valence-electron chi connectivity index (χ2n) is 14.6. The molecule has 0 saturated carbocycles. The van der Waals surface area contributed by atoms with Crippen LogP contribution in [0.1, 0.15) is 77.1 Å². The Bertz CT molecular complexity index is 2780. The third-order valence-electron chi connectivity index (χ3n) is 8.82. The second-order valence-corrected chi connectivity index (χ2v) is 17.5. The molecule has 2 unspecified atom stereocenters. The zero-order valence-electron chi connectivity index (χ0n) is 39.9. The third-order valence-corrected chi connectivity index (χ3v) is 10.6. The average Bonchev–Trinajstić information content (AvgIpc) is 4.19. The van der Waals surface area contributed by atoms with Crippen molar-refractivity contribution in [1.29, 1.82) is 0 Å². The van der Waals surface area contributed by atoms with Gasteiger partial charge in [0.15, 0.2) is 11.6 Å². The third kappa shape index (κ3) is 25.9. The number of H-pyrrole nitrogens is 1. The van der Waals surface area contributed by atoms with Crippen LogP contribution in [0.15, 0.2) is 123 Å². The van der Waals surface area contributed by atoms with Crippen LogP contribution >= 0.6 is 22.6 Å². The van der Waals surface area contributed by atoms with E-state index >= 15 is 0 Å². The topological polar surface area (TPSA) is 219 Å². The first-order valence-electron chi connectivity index (χ1n) is 20.9. The van der Waals surface area contributed by atoms with Gasteiger partial charge in [-0.05, 0) is 101 Å². The Labute approximate surface area is 448 Å². The van der Waals surface area contributed by atoms with E-state index in [0.717, 1.165) is 20.6 Å². The van der Waals surface area contributed by atoms with Gasteiger partial charge >= 0.3 is 15.6 Å². The number of alkyl halides is 11. The summed E-state index contributed by atoms with van der Waals surface area (Å²) in [5.41, 5.74) is -3.40. The molecule has 0 aliphatic heterocycles. The fourth-order valence-electron chi connectivity index (χ4n) is 5.15. The number of Topliss-reactive ketones (excluding diaryl/α,β-unsaturated/α-hetero) is 2. The molecule has 406 valence electrons. The fourth-order valence-corrected chi connectivity index (χ4v) is 5.89. The maximum atomic E-state index is 12.2. The number of rotatable bonds is 15. The van der Waals surface area contributed by atoms with Gasteiger partial charge in [0.25, 0.3) is 25.7 Å². The number of pyridine rings is 3. The smallest absolute Gasteiger partial charge is 0.379 e. The van der Waals surface area contributed by atoms with Gasteiger partial charge in [0, 0.05) is 105 Å². The Morgan fingerprint density at radius 2 is 1.13 bits per heavy atom. The Morgan fingerprint density at radius 1 is 0.667 bits per heavy atom. The first-order chi connectivity index (χ1) is 34.6. The molecule has 0 saturated heterocycles. The van der Waals surface area contributed by atoms with Crippen LogP contribution in [-0.2, 0) is 59.0 Å². The number of carbonyl (C=O) groups excluding carboxylic acids is 2. The van der Waals surface area contributed by atoms with E-state index in [4.69, 9.17) is 0 Å². The molecule has 0 aromatic carbocycles. The van der Waals surface area contributed by atoms with Gasteiger partial charge in [0.1, 0.15) is 43.2 Å². The molecule has 75 heavy (non-hydrogen) atoms. The summed E-state index contributed by atoms with van der Waals surface area (Å²) < 4.78 is 156. The normalized spacial score (nSPS) is 12.2. The first-order valence-corrected chi connectivity index (χ1v) is 23.4. The molecule has 31 heteroatoms. The molecular weight excluding hydrogens is 1210 g/mol. The number of nitrogens with zero attached hydrogens (tertiary/aromatic N) is 10. The number of hydrogen-bond donors (Lipinski definition) is 2. The molecule has 0 aliphatic rings. The van der Waals surface area contributed by atoms with Gasteiger partial charge in [-0.3, -0.25) is 47.9 Å². The predicted molar refractivity (Wildman–Crippen MR) is 252 cm³/mol. The summed E-state index contributed by atoms with van der Waals surface area (Å²) in [7, 11) is -5.87. The number of carbonyl (C=O) groups is 2. The number of aromatic nitrogens is 11. The van der Waals surface area contributed by atoms with Gasteiger partial charge in [0.2, 0.25) is 0 Å². The van der Waals surface area contributed by atoms with Crippen molar-refractivity contribution >= 4 is 44.3 Å². The minimum Gasteiger partial charge on any atom is -0.379 e. The molecule has 7 heterocycles. The summed E-state index contributed by atoms with van der Waals surface area (Å²) in [4.78, 5) is 32.8. The first kappa shape index (κ1) is 67.1. The zero-order valence-corrected chi connectivity index (χ0v) is 45.8. The molecule has 0 amide bonds. The van der Waals surface area contributed by atoms with E-state index in [-0.39, 0.29) is 49.2 Å². The van der Waals surface area contributed by atoms with Gasteiger partial charge in [-0.2, -0.15) is 42.0 Å². The molecule has 7 aromatic heterocycles. The molecule has 7 aromatic rings. The maximum absolute atomic E-state index is 12.2. The van der Waals surface area contributed by atoms with Gasteiger partial charge < -0.3 is 5.11 Å². The van der Waals surface area contributed by atoms with Gasteiger partial charge in [-0.1, -0.05) is 6.92 Å². The quantitative estimate of drug-likeness (QED) is 0.0245. The van der Waals surface area contributed by atoms with Gasteiger partial charge in [0.05, 0.1) is 11.4 Å². The van der Waals surface area contributed by atoms with Crippen molar-refractivity contribution in [1.82, 2.24) is 54.5 Å². The Kier molecular flexibility index (Phi) is 29.7. The minimum absolute atomic E-state index is 0. The summed E-state index contributed by atoms with van der Waals surface area (Å²) in [6.45, 7) is 3.30. The van der Waals surface area contributed by atoms with Crippen LogP contribution in [0.25, 0.3) is 0 Å². The summed E-state index contributed by atoms with van der Waals surface area (Å²) in [6.07, 6.45) is 5.47. The summed E-state index contributed by atoms with van der Waals surface area (Å²) in [5.74, 6) is -0.123. The van der Waals surface area contributed by atoms with E-state index in [1.165, 1.54) is 46.6 Å². The van der Waals surface area contributed by atoms with Gasteiger partial charge in [-0.15, -0.1) is 0 Å². The summed E-state index contributed by atoms with van der Waals surface area (Å²) in [6, 6.07) is 17.4.